The molecule has 3 rings (SSSR count). The van der Waals surface area contributed by atoms with E-state index in [0.717, 1.165) is 28.1 Å². The van der Waals surface area contributed by atoms with E-state index in [1.165, 1.54) is 6.08 Å². The monoisotopic (exact) mass is 360 g/mol. The van der Waals surface area contributed by atoms with Crippen molar-refractivity contribution in [3.05, 3.63) is 69.3 Å². The summed E-state index contributed by atoms with van der Waals surface area (Å²) in [6, 6.07) is 11.3. The minimum atomic E-state index is -1.01. The van der Waals surface area contributed by atoms with Crippen molar-refractivity contribution < 1.29 is 9.90 Å². The van der Waals surface area contributed by atoms with Crippen LogP contribution in [-0.2, 0) is 11.3 Å². The van der Waals surface area contributed by atoms with E-state index in [1.54, 1.807) is 6.07 Å². The average molecular weight is 361 g/mol. The number of carboxylic acid groups (broad SMARTS) is 1. The molecule has 0 saturated heterocycles. The summed E-state index contributed by atoms with van der Waals surface area (Å²) in [6.45, 7) is 2.49. The first kappa shape index (κ1) is 16.6. The Morgan fingerprint density at radius 3 is 2.58 bits per heavy atom. The van der Waals surface area contributed by atoms with E-state index < -0.39 is 5.97 Å². The van der Waals surface area contributed by atoms with E-state index in [-0.39, 0.29) is 0 Å². The van der Waals surface area contributed by atoms with E-state index >= 15 is 0 Å². The highest BCUT2D eigenvalue weighted by Gasteiger charge is 2.10. The number of nitrogens with zero attached hydrogens (tertiary/aromatic N) is 2. The highest BCUT2D eigenvalue weighted by atomic mass is 35.5. The first-order valence-corrected chi connectivity index (χ1v) is 8.01. The number of hydrogen-bond donors (Lipinski definition) is 1. The van der Waals surface area contributed by atoms with Crippen molar-refractivity contribution in [2.24, 2.45) is 0 Å². The molecule has 0 saturated carbocycles. The molecule has 0 aliphatic heterocycles. The van der Waals surface area contributed by atoms with Crippen LogP contribution < -0.4 is 0 Å². The van der Waals surface area contributed by atoms with Gasteiger partial charge >= 0.3 is 5.97 Å². The number of carboxylic acids is 1. The van der Waals surface area contributed by atoms with Gasteiger partial charge in [-0.15, -0.1) is 0 Å². The third-order valence-corrected chi connectivity index (χ3v) is 4.01. The topological polar surface area (TPSA) is 55.1 Å². The van der Waals surface area contributed by atoms with Gasteiger partial charge in [0.1, 0.15) is 0 Å². The van der Waals surface area contributed by atoms with Gasteiger partial charge in [0.25, 0.3) is 0 Å². The van der Waals surface area contributed by atoms with Gasteiger partial charge < -0.3 is 5.11 Å². The number of aliphatic carboxylic acids is 1. The molecule has 0 fully saturated rings. The number of carbonyl (C=O) groups is 1. The second-order valence-corrected chi connectivity index (χ2v) is 6.39. The largest absolute Gasteiger partial charge is 0.478 e. The zero-order valence-electron chi connectivity index (χ0n) is 12.8. The first-order valence-electron chi connectivity index (χ1n) is 7.25. The summed E-state index contributed by atoms with van der Waals surface area (Å²) in [5.74, 6) is -1.01. The fourth-order valence-corrected chi connectivity index (χ4v) is 3.15. The average Bonchev–Trinajstić information content (AvgIpc) is 2.81. The molecule has 0 amide bonds. The van der Waals surface area contributed by atoms with Crippen LogP contribution in [-0.4, -0.2) is 20.9 Å². The quantitative estimate of drug-likeness (QED) is 0.680. The van der Waals surface area contributed by atoms with Crippen LogP contribution in [0.15, 0.2) is 42.5 Å². The van der Waals surface area contributed by atoms with Crippen molar-refractivity contribution in [3.63, 3.8) is 0 Å². The standard InChI is InChI=1S/C18H14Cl2N2O2/c1-11-2-3-15-16(4-5-18(23)24)21-22(17(15)6-11)10-12-7-13(19)9-14(20)8-12/h2-9H,10H2,1H3,(H,23,24)/b5-4+. The van der Waals surface area contributed by atoms with Gasteiger partial charge in [-0.1, -0.05) is 35.3 Å². The molecule has 24 heavy (non-hydrogen) atoms. The zero-order valence-corrected chi connectivity index (χ0v) is 14.3. The van der Waals surface area contributed by atoms with E-state index in [0.29, 0.717) is 22.3 Å². The van der Waals surface area contributed by atoms with E-state index in [2.05, 4.69) is 5.10 Å². The Kier molecular flexibility index (Phi) is 4.60. The summed E-state index contributed by atoms with van der Waals surface area (Å²) in [5.41, 5.74) is 3.56. The van der Waals surface area contributed by atoms with Crippen molar-refractivity contribution in [1.29, 1.82) is 0 Å². The van der Waals surface area contributed by atoms with Crippen LogP contribution >= 0.6 is 23.2 Å². The van der Waals surface area contributed by atoms with Crippen molar-refractivity contribution in [2.45, 2.75) is 13.5 Å². The number of benzene rings is 2. The Morgan fingerprint density at radius 1 is 1.21 bits per heavy atom. The summed E-state index contributed by atoms with van der Waals surface area (Å²) in [7, 11) is 0. The number of fused-ring (bicyclic) bond motifs is 1. The second-order valence-electron chi connectivity index (χ2n) is 5.51. The van der Waals surface area contributed by atoms with Gasteiger partial charge in [-0.05, 0) is 48.4 Å². The lowest BCUT2D eigenvalue weighted by Crippen LogP contribution is -2.02. The third-order valence-electron chi connectivity index (χ3n) is 3.57. The highest BCUT2D eigenvalue weighted by Crippen LogP contribution is 2.24. The predicted octanol–water partition coefficient (Wildman–Crippen LogP) is 4.80. The van der Waals surface area contributed by atoms with E-state index in [9.17, 15) is 4.79 Å². The second kappa shape index (κ2) is 6.67. The maximum atomic E-state index is 10.8. The molecule has 6 heteroatoms. The lowest BCUT2D eigenvalue weighted by atomic mass is 10.1. The Morgan fingerprint density at radius 2 is 1.92 bits per heavy atom. The molecule has 3 aromatic rings. The molecule has 0 aliphatic rings. The van der Waals surface area contributed by atoms with Gasteiger partial charge in [-0.2, -0.15) is 5.10 Å². The minimum absolute atomic E-state index is 0.487. The Balaban J connectivity index is 2.09. The van der Waals surface area contributed by atoms with Crippen LogP contribution in [0.25, 0.3) is 17.0 Å². The first-order chi connectivity index (χ1) is 11.4. The van der Waals surface area contributed by atoms with Crippen LogP contribution in [0.4, 0.5) is 0 Å². The Labute approximate surface area is 148 Å². The molecular weight excluding hydrogens is 347 g/mol. The van der Waals surface area contributed by atoms with Crippen molar-refractivity contribution >= 4 is 46.2 Å². The summed E-state index contributed by atoms with van der Waals surface area (Å²) >= 11 is 12.1. The molecular formula is C18H14Cl2N2O2. The summed E-state index contributed by atoms with van der Waals surface area (Å²) in [4.78, 5) is 10.8. The molecule has 122 valence electrons. The predicted molar refractivity (Wildman–Crippen MR) is 96.7 cm³/mol. The van der Waals surface area contributed by atoms with Crippen LogP contribution in [0.1, 0.15) is 16.8 Å². The normalized spacial score (nSPS) is 11.5. The van der Waals surface area contributed by atoms with Gasteiger partial charge in [0.15, 0.2) is 0 Å². The molecule has 0 aliphatic carbocycles. The molecule has 0 radical (unpaired) electrons. The number of aryl methyl sites for hydroxylation is 1. The molecule has 1 N–H and O–H groups in total. The summed E-state index contributed by atoms with van der Waals surface area (Å²) in [5, 5.41) is 15.4. The molecule has 4 nitrogen and oxygen atoms in total. The van der Waals surface area contributed by atoms with Crippen LogP contribution in [0.3, 0.4) is 0 Å². The fraction of sp³-hybridized carbons (Fsp3) is 0.111. The zero-order chi connectivity index (χ0) is 17.3. The minimum Gasteiger partial charge on any atom is -0.478 e. The van der Waals surface area contributed by atoms with E-state index in [1.807, 2.05) is 41.9 Å². The van der Waals surface area contributed by atoms with Gasteiger partial charge in [0.05, 0.1) is 17.8 Å². The van der Waals surface area contributed by atoms with Crippen LogP contribution in [0.2, 0.25) is 10.0 Å². The lowest BCUT2D eigenvalue weighted by Gasteiger charge is -2.06. The molecule has 0 bridgehead atoms. The fourth-order valence-electron chi connectivity index (χ4n) is 2.58. The third kappa shape index (κ3) is 3.61. The van der Waals surface area contributed by atoms with Crippen LogP contribution in [0.5, 0.6) is 0 Å². The number of halogens is 2. The summed E-state index contributed by atoms with van der Waals surface area (Å²) in [6.07, 6.45) is 2.59. The maximum Gasteiger partial charge on any atom is 0.328 e. The molecule has 0 unspecified atom stereocenters. The van der Waals surface area contributed by atoms with Gasteiger partial charge in [-0.25, -0.2) is 4.79 Å². The lowest BCUT2D eigenvalue weighted by molar-refractivity contribution is -0.131. The highest BCUT2D eigenvalue weighted by molar-refractivity contribution is 6.34. The number of rotatable bonds is 4. The number of aromatic nitrogens is 2. The maximum absolute atomic E-state index is 10.8. The van der Waals surface area contributed by atoms with Gasteiger partial charge in [-0.3, -0.25) is 4.68 Å². The van der Waals surface area contributed by atoms with E-state index in [4.69, 9.17) is 28.3 Å². The van der Waals surface area contributed by atoms with Crippen molar-refractivity contribution in [3.8, 4) is 0 Å². The SMILES string of the molecule is Cc1ccc2c(/C=C/C(=O)O)nn(Cc3cc(Cl)cc(Cl)c3)c2c1. The Hall–Kier alpha value is -2.30. The van der Waals surface area contributed by atoms with Crippen molar-refractivity contribution in [2.75, 3.05) is 0 Å². The van der Waals surface area contributed by atoms with Crippen molar-refractivity contribution in [1.82, 2.24) is 9.78 Å². The molecule has 0 atom stereocenters. The molecule has 1 aromatic heterocycles. The van der Waals surface area contributed by atoms with Crippen LogP contribution in [0, 0.1) is 6.92 Å². The number of hydrogen-bond acceptors (Lipinski definition) is 2. The smallest absolute Gasteiger partial charge is 0.328 e. The van der Waals surface area contributed by atoms with Gasteiger partial charge in [0.2, 0.25) is 0 Å². The molecule has 2 aromatic carbocycles. The Bertz CT molecular complexity index is 941. The summed E-state index contributed by atoms with van der Waals surface area (Å²) < 4.78 is 1.83. The molecule has 0 spiro atoms. The van der Waals surface area contributed by atoms with Gasteiger partial charge in [0, 0.05) is 21.5 Å². The molecule has 1 heterocycles.